The van der Waals surface area contributed by atoms with Crippen molar-refractivity contribution in [1.82, 2.24) is 9.97 Å². The summed E-state index contributed by atoms with van der Waals surface area (Å²) >= 11 is 2.22. The topological polar surface area (TPSA) is 32.3 Å². The first-order chi connectivity index (χ1) is 19.3. The molecule has 216 valence electrons. The number of rotatable bonds is 4. The molecular weight excluding hydrogens is 606 g/mol. The zero-order chi connectivity index (χ0) is 29.5. The van der Waals surface area contributed by atoms with Crippen LogP contribution < -0.4 is 9.80 Å². The number of halogens is 1. The van der Waals surface area contributed by atoms with Crippen molar-refractivity contribution in [2.75, 3.05) is 22.9 Å². The summed E-state index contributed by atoms with van der Waals surface area (Å²) in [5.74, 6) is 1.04. The Bertz CT molecular complexity index is 1120. The molecule has 2 aromatic heterocycles. The molecule has 0 bridgehead atoms. The summed E-state index contributed by atoms with van der Waals surface area (Å²) in [5.41, 5.74) is 9.75. The number of para-hydroxylation sites is 1. The van der Waals surface area contributed by atoms with Crippen LogP contribution in [0.15, 0.2) is 91.5 Å². The fraction of sp³-hybridized carbons (Fsp3) is 0.324. The number of hydrogen-bond donors (Lipinski definition) is 0. The molecule has 3 heterocycles. The average molecular weight is 650 g/mol. The molecule has 0 atom stereocenters. The van der Waals surface area contributed by atoms with Gasteiger partial charge in [-0.05, 0) is 79.1 Å². The third-order valence-electron chi connectivity index (χ3n) is 6.55. The van der Waals surface area contributed by atoms with Crippen molar-refractivity contribution in [3.8, 4) is 0 Å². The maximum atomic E-state index is 4.49. The van der Waals surface area contributed by atoms with E-state index in [9.17, 15) is 0 Å². The quantitative estimate of drug-likeness (QED) is 0.163. The van der Waals surface area contributed by atoms with E-state index in [0.29, 0.717) is 11.8 Å². The minimum absolute atomic E-state index is 0.522. The Kier molecular flexibility index (Phi) is 15.0. The van der Waals surface area contributed by atoms with Crippen LogP contribution in [0, 0.1) is 27.4 Å². The minimum Gasteiger partial charge on any atom is -0.265 e. The predicted octanol–water partition coefficient (Wildman–Crippen LogP) is 9.15. The smallest absolute Gasteiger partial charge is 0.0267 e. The van der Waals surface area contributed by atoms with Crippen molar-refractivity contribution in [2.24, 2.45) is 0 Å². The molecule has 1 fully saturated rings. The standard InChI is InChI=1S/C24H33N2.2C5H5N.ClH.Pd/c1-16(2)21-9-8-10-22(17(3)4)24(21)26-12-11-25(15-26)23-19(6)13-18(5)14-20(23)7;2*1-2-4-6-5-3-1;;/h8-10,13-17H,11-12H2,1-7H3;2*1-5H;1H;/q-1;;;;+2/p-1. The van der Waals surface area contributed by atoms with Gasteiger partial charge in [-0.3, -0.25) is 9.97 Å². The van der Waals surface area contributed by atoms with Crippen molar-refractivity contribution < 1.29 is 18.2 Å². The Morgan fingerprint density at radius 1 is 0.650 bits per heavy atom. The van der Waals surface area contributed by atoms with Gasteiger partial charge in [-0.25, -0.2) is 0 Å². The van der Waals surface area contributed by atoms with E-state index >= 15 is 0 Å². The van der Waals surface area contributed by atoms with Gasteiger partial charge >= 0.3 is 27.7 Å². The molecule has 4 aromatic rings. The molecule has 0 radical (unpaired) electrons. The molecule has 1 aliphatic heterocycles. The van der Waals surface area contributed by atoms with Crippen LogP contribution in [-0.4, -0.2) is 23.1 Å². The van der Waals surface area contributed by atoms with E-state index < -0.39 is 0 Å². The Morgan fingerprint density at radius 3 is 1.38 bits per heavy atom. The van der Waals surface area contributed by atoms with Crippen LogP contribution in [-0.2, 0) is 18.2 Å². The second kappa shape index (κ2) is 17.9. The molecule has 0 amide bonds. The van der Waals surface area contributed by atoms with Gasteiger partial charge in [0.2, 0.25) is 0 Å². The maximum Gasteiger partial charge on any atom is 0.0267 e. The fourth-order valence-corrected chi connectivity index (χ4v) is 4.93. The van der Waals surface area contributed by atoms with Gasteiger partial charge in [-0.15, -0.1) is 0 Å². The van der Waals surface area contributed by atoms with Crippen molar-refractivity contribution in [2.45, 2.75) is 60.3 Å². The largest absolute Gasteiger partial charge is 0.265 e. The molecule has 1 saturated heterocycles. The Labute approximate surface area is 257 Å². The van der Waals surface area contributed by atoms with Gasteiger partial charge in [0.15, 0.2) is 0 Å². The molecular formula is C34H43ClN4Pd. The second-order valence-electron chi connectivity index (χ2n) is 10.4. The maximum absolute atomic E-state index is 4.49. The number of nitrogens with zero attached hydrogens (tertiary/aromatic N) is 4. The van der Waals surface area contributed by atoms with Crippen LogP contribution in [0.5, 0.6) is 0 Å². The molecule has 0 spiro atoms. The van der Waals surface area contributed by atoms with E-state index in [1.807, 2.05) is 36.4 Å². The van der Waals surface area contributed by atoms with Gasteiger partial charge in [0.05, 0.1) is 0 Å². The molecule has 0 aliphatic carbocycles. The van der Waals surface area contributed by atoms with E-state index in [1.165, 1.54) is 39.2 Å². The molecule has 4 nitrogen and oxygen atoms in total. The zero-order valence-corrected chi connectivity index (χ0v) is 27.1. The average Bonchev–Trinajstić information content (AvgIpc) is 3.45. The van der Waals surface area contributed by atoms with Crippen LogP contribution in [0.3, 0.4) is 0 Å². The summed E-state index contributed by atoms with van der Waals surface area (Å²) < 4.78 is 0. The SMILES string of the molecule is Cc1cc(C)c(N2[CH-]N(c3c(C(C)C)cccc3C(C)C)CC2)c(C)c1.[Cl][Pd+].c1ccncc1.c1ccncc1. The second-order valence-corrected chi connectivity index (χ2v) is 10.4. The normalized spacial score (nSPS) is 12.2. The molecule has 0 unspecified atom stereocenters. The molecule has 40 heavy (non-hydrogen) atoms. The number of aryl methyl sites for hydroxylation is 3. The monoisotopic (exact) mass is 648 g/mol. The number of hydrogen-bond acceptors (Lipinski definition) is 4. The Hall–Kier alpha value is -2.71. The predicted molar refractivity (Wildman–Crippen MR) is 169 cm³/mol. The van der Waals surface area contributed by atoms with Gasteiger partial charge < -0.3 is 9.80 Å². The molecule has 2 aromatic carbocycles. The summed E-state index contributed by atoms with van der Waals surface area (Å²) in [6, 6.07) is 22.8. The van der Waals surface area contributed by atoms with Crippen LogP contribution in [0.1, 0.15) is 67.3 Å². The molecule has 0 N–H and O–H groups in total. The molecule has 0 saturated carbocycles. The summed E-state index contributed by atoms with van der Waals surface area (Å²) in [6.45, 7) is 20.2. The molecule has 5 rings (SSSR count). The summed E-state index contributed by atoms with van der Waals surface area (Å²) in [4.78, 5) is 12.5. The van der Waals surface area contributed by atoms with Gasteiger partial charge in [-0.2, -0.15) is 6.67 Å². The van der Waals surface area contributed by atoms with Crippen LogP contribution in [0.2, 0.25) is 0 Å². The van der Waals surface area contributed by atoms with Crippen molar-refractivity contribution in [1.29, 1.82) is 0 Å². The number of benzene rings is 2. The summed E-state index contributed by atoms with van der Waals surface area (Å²) in [5, 5.41) is 0. The number of pyridine rings is 2. The fourth-order valence-electron chi connectivity index (χ4n) is 4.93. The van der Waals surface area contributed by atoms with Crippen LogP contribution in [0.4, 0.5) is 11.4 Å². The first kappa shape index (κ1) is 33.5. The van der Waals surface area contributed by atoms with Gasteiger partial charge in [0, 0.05) is 49.3 Å². The first-order valence-corrected chi connectivity index (χ1v) is 15.7. The van der Waals surface area contributed by atoms with Gasteiger partial charge in [0.25, 0.3) is 0 Å². The Balaban J connectivity index is 0.000000325. The van der Waals surface area contributed by atoms with Crippen molar-refractivity contribution >= 4 is 20.9 Å². The number of anilines is 2. The van der Waals surface area contributed by atoms with E-state index in [1.54, 1.807) is 24.8 Å². The minimum atomic E-state index is 0.522. The van der Waals surface area contributed by atoms with Gasteiger partial charge in [-0.1, -0.05) is 75.7 Å². The summed E-state index contributed by atoms with van der Waals surface area (Å²) in [7, 11) is 4.49. The van der Waals surface area contributed by atoms with Gasteiger partial charge in [0.1, 0.15) is 0 Å². The van der Waals surface area contributed by atoms with Crippen LogP contribution in [0.25, 0.3) is 0 Å². The van der Waals surface area contributed by atoms with Crippen molar-refractivity contribution in [3.63, 3.8) is 0 Å². The number of aromatic nitrogens is 2. The third-order valence-corrected chi connectivity index (χ3v) is 6.55. The Morgan fingerprint density at radius 2 is 1.05 bits per heavy atom. The van der Waals surface area contributed by atoms with E-state index in [-0.39, 0.29) is 0 Å². The zero-order valence-electron chi connectivity index (χ0n) is 24.8. The van der Waals surface area contributed by atoms with Crippen molar-refractivity contribution in [3.05, 3.63) is 126 Å². The van der Waals surface area contributed by atoms with Crippen LogP contribution >= 0.6 is 9.53 Å². The molecule has 6 heteroatoms. The first-order valence-electron chi connectivity index (χ1n) is 13.7. The van der Waals surface area contributed by atoms with E-state index in [4.69, 9.17) is 0 Å². The third kappa shape index (κ3) is 10.0. The van der Waals surface area contributed by atoms with E-state index in [0.717, 1.165) is 13.1 Å². The van der Waals surface area contributed by atoms with E-state index in [2.05, 4.69) is 133 Å². The molecule has 1 aliphatic rings. The summed E-state index contributed by atoms with van der Waals surface area (Å²) in [6.07, 6.45) is 7.00.